The zero-order chi connectivity index (χ0) is 15.9. The summed E-state index contributed by atoms with van der Waals surface area (Å²) < 4.78 is 0. The monoisotopic (exact) mass is 300 g/mol. The van der Waals surface area contributed by atoms with Gasteiger partial charge in [-0.2, -0.15) is 5.10 Å². The maximum absolute atomic E-state index is 9.63. The first-order chi connectivity index (χ1) is 10.5. The van der Waals surface area contributed by atoms with Crippen LogP contribution in [-0.2, 0) is 0 Å². The maximum Gasteiger partial charge on any atom is 0.158 e. The van der Waals surface area contributed by atoms with E-state index in [2.05, 4.69) is 5.10 Å². The SMILES string of the molecule is CN1N=C(c2ccc(O)c(O)c2)CC1c1ccc(O)c(O)c1. The molecule has 114 valence electrons. The van der Waals surface area contributed by atoms with Crippen molar-refractivity contribution in [2.45, 2.75) is 12.5 Å². The van der Waals surface area contributed by atoms with Crippen molar-refractivity contribution in [3.8, 4) is 23.0 Å². The molecule has 3 rings (SSSR count). The quantitative estimate of drug-likeness (QED) is 0.638. The maximum atomic E-state index is 9.63. The average Bonchev–Trinajstić information content (AvgIpc) is 2.87. The average molecular weight is 300 g/mol. The Bertz CT molecular complexity index is 758. The van der Waals surface area contributed by atoms with Crippen LogP contribution in [0, 0.1) is 0 Å². The van der Waals surface area contributed by atoms with Gasteiger partial charge in [-0.1, -0.05) is 6.07 Å². The molecule has 6 nitrogen and oxygen atoms in total. The third-order valence-electron chi connectivity index (χ3n) is 3.81. The summed E-state index contributed by atoms with van der Waals surface area (Å²) in [7, 11) is 1.82. The Morgan fingerprint density at radius 2 is 1.55 bits per heavy atom. The van der Waals surface area contributed by atoms with Crippen molar-refractivity contribution in [2.75, 3.05) is 7.05 Å². The molecule has 1 atom stereocenters. The Hall–Kier alpha value is -2.89. The van der Waals surface area contributed by atoms with Gasteiger partial charge in [0, 0.05) is 19.0 Å². The molecule has 1 unspecified atom stereocenters. The van der Waals surface area contributed by atoms with Gasteiger partial charge in [0.2, 0.25) is 0 Å². The molecule has 0 saturated carbocycles. The molecule has 0 amide bonds. The number of rotatable bonds is 2. The van der Waals surface area contributed by atoms with Crippen LogP contribution in [0.5, 0.6) is 23.0 Å². The van der Waals surface area contributed by atoms with E-state index in [9.17, 15) is 20.4 Å². The van der Waals surface area contributed by atoms with E-state index in [1.807, 2.05) is 7.05 Å². The molecule has 2 aromatic rings. The van der Waals surface area contributed by atoms with Gasteiger partial charge in [-0.25, -0.2) is 0 Å². The first-order valence-electron chi connectivity index (χ1n) is 6.80. The molecule has 0 radical (unpaired) electrons. The minimum atomic E-state index is -0.186. The van der Waals surface area contributed by atoms with E-state index in [4.69, 9.17) is 0 Å². The van der Waals surface area contributed by atoms with Crippen LogP contribution in [0.2, 0.25) is 0 Å². The molecule has 6 heteroatoms. The Morgan fingerprint density at radius 3 is 2.18 bits per heavy atom. The number of benzene rings is 2. The van der Waals surface area contributed by atoms with Crippen LogP contribution in [0.15, 0.2) is 41.5 Å². The number of hydrazone groups is 1. The molecular formula is C16H16N2O4. The fourth-order valence-electron chi connectivity index (χ4n) is 2.58. The third kappa shape index (κ3) is 2.39. The van der Waals surface area contributed by atoms with Crippen LogP contribution in [0.25, 0.3) is 0 Å². The zero-order valence-corrected chi connectivity index (χ0v) is 11.9. The van der Waals surface area contributed by atoms with Crippen LogP contribution >= 0.6 is 0 Å². The van der Waals surface area contributed by atoms with Gasteiger partial charge in [-0.3, -0.25) is 5.01 Å². The number of phenols is 4. The first kappa shape index (κ1) is 14.1. The number of phenolic OH excluding ortho intramolecular Hbond substituents is 4. The van der Waals surface area contributed by atoms with Gasteiger partial charge in [0.15, 0.2) is 23.0 Å². The summed E-state index contributed by atoms with van der Waals surface area (Å²) in [5.41, 5.74) is 2.34. The van der Waals surface area contributed by atoms with E-state index in [-0.39, 0.29) is 29.0 Å². The molecule has 0 fully saturated rings. The second-order valence-corrected chi connectivity index (χ2v) is 5.29. The van der Waals surface area contributed by atoms with Crippen LogP contribution in [0.4, 0.5) is 0 Å². The summed E-state index contributed by atoms with van der Waals surface area (Å²) in [6, 6.07) is 9.22. The Kier molecular flexibility index (Phi) is 3.29. The molecule has 22 heavy (non-hydrogen) atoms. The molecule has 1 aliphatic rings. The van der Waals surface area contributed by atoms with Crippen molar-refractivity contribution in [2.24, 2.45) is 5.10 Å². The lowest BCUT2D eigenvalue weighted by Crippen LogP contribution is -2.13. The molecule has 1 heterocycles. The molecule has 2 aromatic carbocycles. The summed E-state index contributed by atoms with van der Waals surface area (Å²) in [4.78, 5) is 0. The molecule has 0 saturated heterocycles. The van der Waals surface area contributed by atoms with Crippen LogP contribution in [0.1, 0.15) is 23.6 Å². The van der Waals surface area contributed by atoms with Gasteiger partial charge >= 0.3 is 0 Å². The van der Waals surface area contributed by atoms with Gasteiger partial charge in [0.1, 0.15) is 0 Å². The van der Waals surface area contributed by atoms with E-state index in [1.165, 1.54) is 24.3 Å². The van der Waals surface area contributed by atoms with Crippen LogP contribution < -0.4 is 0 Å². The van der Waals surface area contributed by atoms with Gasteiger partial charge in [-0.05, 0) is 35.9 Å². The first-order valence-corrected chi connectivity index (χ1v) is 6.80. The van der Waals surface area contributed by atoms with Crippen LogP contribution in [-0.4, -0.2) is 38.2 Å². The topological polar surface area (TPSA) is 96.5 Å². The molecule has 1 aliphatic heterocycles. The van der Waals surface area contributed by atoms with E-state index in [0.717, 1.165) is 16.8 Å². The highest BCUT2D eigenvalue weighted by atomic mass is 16.3. The lowest BCUT2D eigenvalue weighted by atomic mass is 9.98. The fraction of sp³-hybridized carbons (Fsp3) is 0.188. The minimum absolute atomic E-state index is 0.0718. The molecule has 0 aromatic heterocycles. The van der Waals surface area contributed by atoms with Gasteiger partial charge in [-0.15, -0.1) is 0 Å². The largest absolute Gasteiger partial charge is 0.504 e. The van der Waals surface area contributed by atoms with Crippen molar-refractivity contribution in [1.29, 1.82) is 0 Å². The molecule has 0 bridgehead atoms. The van der Waals surface area contributed by atoms with E-state index in [1.54, 1.807) is 17.1 Å². The Morgan fingerprint density at radius 1 is 0.909 bits per heavy atom. The second-order valence-electron chi connectivity index (χ2n) is 5.29. The highest BCUT2D eigenvalue weighted by Gasteiger charge is 2.27. The molecular weight excluding hydrogens is 284 g/mol. The highest BCUT2D eigenvalue weighted by Crippen LogP contribution is 2.36. The summed E-state index contributed by atoms with van der Waals surface area (Å²) in [5, 5.41) is 44.2. The zero-order valence-electron chi connectivity index (χ0n) is 11.9. The molecule has 0 spiro atoms. The van der Waals surface area contributed by atoms with Crippen molar-refractivity contribution in [3.05, 3.63) is 47.5 Å². The van der Waals surface area contributed by atoms with Gasteiger partial charge < -0.3 is 20.4 Å². The van der Waals surface area contributed by atoms with Gasteiger partial charge in [0.25, 0.3) is 0 Å². The van der Waals surface area contributed by atoms with Crippen molar-refractivity contribution < 1.29 is 20.4 Å². The summed E-state index contributed by atoms with van der Waals surface area (Å²) >= 11 is 0. The van der Waals surface area contributed by atoms with Crippen molar-refractivity contribution >= 4 is 5.71 Å². The summed E-state index contributed by atoms with van der Waals surface area (Å²) in [5.74, 6) is -0.681. The Labute approximate surface area is 127 Å². The molecule has 0 aliphatic carbocycles. The number of aromatic hydroxyl groups is 4. The second kappa shape index (κ2) is 5.14. The van der Waals surface area contributed by atoms with E-state index in [0.29, 0.717) is 6.42 Å². The normalized spacial score (nSPS) is 17.6. The molecule has 4 N–H and O–H groups in total. The third-order valence-corrected chi connectivity index (χ3v) is 3.81. The standard InChI is InChI=1S/C16H16N2O4/c1-18-12(10-3-5-14(20)16(22)7-10)8-11(17-18)9-2-4-13(19)15(21)6-9/h2-7,12,19-22H,8H2,1H3. The smallest absolute Gasteiger partial charge is 0.158 e. The number of nitrogens with zero attached hydrogens (tertiary/aromatic N) is 2. The van der Waals surface area contributed by atoms with Gasteiger partial charge in [0.05, 0.1) is 11.8 Å². The number of hydrogen-bond donors (Lipinski definition) is 4. The predicted molar refractivity (Wildman–Crippen MR) is 81.2 cm³/mol. The van der Waals surface area contributed by atoms with E-state index >= 15 is 0 Å². The van der Waals surface area contributed by atoms with E-state index < -0.39 is 0 Å². The lowest BCUT2D eigenvalue weighted by Gasteiger charge is -2.19. The van der Waals surface area contributed by atoms with Crippen LogP contribution in [0.3, 0.4) is 0 Å². The van der Waals surface area contributed by atoms with Crippen molar-refractivity contribution in [3.63, 3.8) is 0 Å². The number of hydrogen-bond acceptors (Lipinski definition) is 6. The summed E-state index contributed by atoms with van der Waals surface area (Å²) in [6.45, 7) is 0. The Balaban J connectivity index is 1.87. The highest BCUT2D eigenvalue weighted by molar-refractivity contribution is 6.02. The lowest BCUT2D eigenvalue weighted by molar-refractivity contribution is 0.288. The minimum Gasteiger partial charge on any atom is -0.504 e. The fourth-order valence-corrected chi connectivity index (χ4v) is 2.58. The van der Waals surface area contributed by atoms with Crippen molar-refractivity contribution in [1.82, 2.24) is 5.01 Å². The predicted octanol–water partition coefficient (Wildman–Crippen LogP) is 2.29. The summed E-state index contributed by atoms with van der Waals surface area (Å²) in [6.07, 6.45) is 0.588.